The molecule has 0 bridgehead atoms. The highest BCUT2D eigenvalue weighted by Crippen LogP contribution is 2.25. The smallest absolute Gasteiger partial charge is 0.274 e. The van der Waals surface area contributed by atoms with Crippen molar-refractivity contribution in [3.63, 3.8) is 0 Å². The largest absolute Gasteiger partial charge is 0.337 e. The van der Waals surface area contributed by atoms with E-state index in [-0.39, 0.29) is 5.91 Å². The van der Waals surface area contributed by atoms with Crippen molar-refractivity contribution in [1.82, 2.24) is 20.4 Å². The van der Waals surface area contributed by atoms with E-state index < -0.39 is 0 Å². The molecule has 0 saturated carbocycles. The number of rotatable bonds is 3. The van der Waals surface area contributed by atoms with Crippen LogP contribution in [0.3, 0.4) is 0 Å². The molecule has 3 heterocycles. The van der Waals surface area contributed by atoms with Gasteiger partial charge in [0.2, 0.25) is 0 Å². The quantitative estimate of drug-likeness (QED) is 0.894. The average molecular weight is 290 g/mol. The molecule has 1 aromatic heterocycles. The van der Waals surface area contributed by atoms with E-state index in [2.05, 4.69) is 29.4 Å². The summed E-state index contributed by atoms with van der Waals surface area (Å²) in [7, 11) is 0. The Morgan fingerprint density at radius 2 is 2.33 bits per heavy atom. The van der Waals surface area contributed by atoms with Crippen LogP contribution in [0.1, 0.15) is 54.9 Å². The van der Waals surface area contributed by atoms with Crippen molar-refractivity contribution in [1.29, 1.82) is 0 Å². The van der Waals surface area contributed by atoms with Crippen LogP contribution in [0.15, 0.2) is 0 Å². The zero-order valence-corrected chi connectivity index (χ0v) is 13.1. The number of carbonyl (C=O) groups excluding carboxylic acids is 1. The normalized spacial score (nSPS) is 22.4. The lowest BCUT2D eigenvalue weighted by molar-refractivity contribution is 0.0652. The lowest BCUT2D eigenvalue weighted by atomic mass is 9.89. The summed E-state index contributed by atoms with van der Waals surface area (Å²) < 4.78 is 0. The van der Waals surface area contributed by atoms with E-state index in [0.29, 0.717) is 17.5 Å². The number of nitrogens with one attached hydrogen (secondary N) is 2. The molecule has 0 spiro atoms. The number of H-pyrrole nitrogens is 1. The van der Waals surface area contributed by atoms with E-state index >= 15 is 0 Å². The van der Waals surface area contributed by atoms with Crippen LogP contribution in [-0.2, 0) is 13.0 Å². The Labute approximate surface area is 126 Å². The number of nitrogens with zero attached hydrogens (tertiary/aromatic N) is 2. The van der Waals surface area contributed by atoms with Crippen LogP contribution in [0.25, 0.3) is 0 Å². The molecule has 2 aliphatic heterocycles. The number of amides is 1. The number of hydrogen-bond acceptors (Lipinski definition) is 3. The minimum Gasteiger partial charge on any atom is -0.337 e. The van der Waals surface area contributed by atoms with Crippen molar-refractivity contribution < 1.29 is 4.79 Å². The van der Waals surface area contributed by atoms with Gasteiger partial charge in [0.25, 0.3) is 5.91 Å². The molecule has 116 valence electrons. The predicted octanol–water partition coefficient (Wildman–Crippen LogP) is 1.95. The molecule has 1 unspecified atom stereocenters. The third-order valence-corrected chi connectivity index (χ3v) is 4.62. The highest BCUT2D eigenvalue weighted by Gasteiger charge is 2.29. The molecule has 0 aliphatic carbocycles. The molecule has 5 nitrogen and oxygen atoms in total. The van der Waals surface area contributed by atoms with Gasteiger partial charge in [-0.3, -0.25) is 9.89 Å². The summed E-state index contributed by atoms with van der Waals surface area (Å²) >= 11 is 0. The number of likely N-dealkylation sites (tertiary alicyclic amines) is 1. The van der Waals surface area contributed by atoms with Gasteiger partial charge in [0.05, 0.1) is 0 Å². The summed E-state index contributed by atoms with van der Waals surface area (Å²) in [6.07, 6.45) is 4.52. The fraction of sp³-hybridized carbons (Fsp3) is 0.750. The molecule has 21 heavy (non-hydrogen) atoms. The Hall–Kier alpha value is -1.36. The number of hydrogen-bond donors (Lipinski definition) is 2. The van der Waals surface area contributed by atoms with Gasteiger partial charge in [0.1, 0.15) is 0 Å². The van der Waals surface area contributed by atoms with Crippen molar-refractivity contribution in [2.75, 3.05) is 19.6 Å². The van der Waals surface area contributed by atoms with E-state index in [1.165, 1.54) is 12.8 Å². The molecule has 1 aromatic rings. The van der Waals surface area contributed by atoms with Gasteiger partial charge in [-0.2, -0.15) is 5.10 Å². The van der Waals surface area contributed by atoms with E-state index in [1.807, 2.05) is 4.90 Å². The maximum absolute atomic E-state index is 12.8. The monoisotopic (exact) mass is 290 g/mol. The number of fused-ring (bicyclic) bond motifs is 1. The van der Waals surface area contributed by atoms with Crippen LogP contribution < -0.4 is 5.32 Å². The maximum Gasteiger partial charge on any atom is 0.274 e. The molecule has 0 aromatic carbocycles. The average Bonchev–Trinajstić information content (AvgIpc) is 2.90. The van der Waals surface area contributed by atoms with Gasteiger partial charge in [-0.15, -0.1) is 0 Å². The number of aromatic nitrogens is 2. The molecule has 1 amide bonds. The second-order valence-corrected chi connectivity index (χ2v) is 6.85. The molecule has 5 heteroatoms. The first-order chi connectivity index (χ1) is 10.1. The summed E-state index contributed by atoms with van der Waals surface area (Å²) in [6, 6.07) is 0. The fourth-order valence-electron chi connectivity index (χ4n) is 3.66. The molecule has 2 N–H and O–H groups in total. The van der Waals surface area contributed by atoms with Crippen LogP contribution in [0.4, 0.5) is 0 Å². The van der Waals surface area contributed by atoms with Crippen LogP contribution in [0, 0.1) is 11.8 Å². The first kappa shape index (κ1) is 14.6. The minimum absolute atomic E-state index is 0.115. The van der Waals surface area contributed by atoms with E-state index in [4.69, 9.17) is 0 Å². The summed E-state index contributed by atoms with van der Waals surface area (Å²) in [6.45, 7) is 8.01. The second kappa shape index (κ2) is 6.18. The fourth-order valence-corrected chi connectivity index (χ4v) is 3.66. The lowest BCUT2D eigenvalue weighted by Gasteiger charge is -2.33. The summed E-state index contributed by atoms with van der Waals surface area (Å²) in [4.78, 5) is 14.8. The molecule has 3 rings (SSSR count). The van der Waals surface area contributed by atoms with Crippen molar-refractivity contribution >= 4 is 5.91 Å². The van der Waals surface area contributed by atoms with Crippen molar-refractivity contribution in [3.05, 3.63) is 17.0 Å². The van der Waals surface area contributed by atoms with Gasteiger partial charge in [0, 0.05) is 43.9 Å². The third kappa shape index (κ3) is 3.12. The molecular formula is C16H26N4O. The van der Waals surface area contributed by atoms with Crippen molar-refractivity contribution in [2.24, 2.45) is 11.8 Å². The Kier molecular flexibility index (Phi) is 4.29. The molecule has 1 fully saturated rings. The minimum atomic E-state index is 0.115. The molecule has 2 aliphatic rings. The highest BCUT2D eigenvalue weighted by molar-refractivity contribution is 5.94. The summed E-state index contributed by atoms with van der Waals surface area (Å²) in [5.74, 6) is 1.47. The van der Waals surface area contributed by atoms with E-state index in [0.717, 1.165) is 50.3 Å². The third-order valence-electron chi connectivity index (χ3n) is 4.62. The van der Waals surface area contributed by atoms with Gasteiger partial charge >= 0.3 is 0 Å². The SMILES string of the molecule is CC(C)CC1CCCN(C(=O)c2n[nH]c3c2CNCC3)C1. The van der Waals surface area contributed by atoms with Gasteiger partial charge in [-0.1, -0.05) is 13.8 Å². The Morgan fingerprint density at radius 3 is 3.14 bits per heavy atom. The Balaban J connectivity index is 1.71. The molecular weight excluding hydrogens is 264 g/mol. The van der Waals surface area contributed by atoms with Crippen molar-refractivity contribution in [3.8, 4) is 0 Å². The molecule has 1 saturated heterocycles. The van der Waals surface area contributed by atoms with E-state index in [1.54, 1.807) is 0 Å². The van der Waals surface area contributed by atoms with Crippen LogP contribution in [0.5, 0.6) is 0 Å². The van der Waals surface area contributed by atoms with Crippen LogP contribution in [-0.4, -0.2) is 40.6 Å². The van der Waals surface area contributed by atoms with Gasteiger partial charge < -0.3 is 10.2 Å². The number of aromatic amines is 1. The van der Waals surface area contributed by atoms with Gasteiger partial charge in [-0.25, -0.2) is 0 Å². The Bertz CT molecular complexity index is 508. The maximum atomic E-state index is 12.8. The van der Waals surface area contributed by atoms with Crippen LogP contribution >= 0.6 is 0 Å². The summed E-state index contributed by atoms with van der Waals surface area (Å²) in [5, 5.41) is 10.7. The lowest BCUT2D eigenvalue weighted by Crippen LogP contribution is -2.41. The zero-order valence-electron chi connectivity index (χ0n) is 13.1. The highest BCUT2D eigenvalue weighted by atomic mass is 16.2. The first-order valence-electron chi connectivity index (χ1n) is 8.21. The Morgan fingerprint density at radius 1 is 1.48 bits per heavy atom. The second-order valence-electron chi connectivity index (χ2n) is 6.85. The molecule has 1 atom stereocenters. The molecule has 0 radical (unpaired) electrons. The van der Waals surface area contributed by atoms with Gasteiger partial charge in [0.15, 0.2) is 5.69 Å². The van der Waals surface area contributed by atoms with Crippen molar-refractivity contribution in [2.45, 2.75) is 46.1 Å². The van der Waals surface area contributed by atoms with Gasteiger partial charge in [-0.05, 0) is 31.1 Å². The number of carbonyl (C=O) groups is 1. The standard InChI is InChI=1S/C16H26N4O/c1-11(2)8-12-4-3-7-20(10-12)16(21)15-13-9-17-6-5-14(13)18-19-15/h11-12,17H,3-10H2,1-2H3,(H,18,19). The first-order valence-corrected chi connectivity index (χ1v) is 8.21. The van der Waals surface area contributed by atoms with Crippen LogP contribution in [0.2, 0.25) is 0 Å². The predicted molar refractivity (Wildman–Crippen MR) is 82.1 cm³/mol. The summed E-state index contributed by atoms with van der Waals surface area (Å²) in [5.41, 5.74) is 2.85. The topological polar surface area (TPSA) is 61.0 Å². The number of piperidine rings is 1. The van der Waals surface area contributed by atoms with E-state index in [9.17, 15) is 4.79 Å². The zero-order chi connectivity index (χ0) is 14.8.